The highest BCUT2D eigenvalue weighted by atomic mass is 35.5. The Balaban J connectivity index is 1.90. The standard InChI is InChI=1S/C16H11ClN2O3/c17-10-6-7-11-12(8-10)18-15(20)16(11)13(14(16)19(21)22)9-4-2-1-3-5-9/h1-8,13-14H,(H,18,20)/t13-,14-,16+/m0/s1. The van der Waals surface area contributed by atoms with Gasteiger partial charge in [-0.3, -0.25) is 14.9 Å². The van der Waals surface area contributed by atoms with Crippen LogP contribution in [0.2, 0.25) is 5.02 Å². The van der Waals surface area contributed by atoms with Crippen LogP contribution < -0.4 is 5.32 Å². The first-order chi connectivity index (χ1) is 10.6. The number of fused-ring (bicyclic) bond motifs is 2. The zero-order chi connectivity index (χ0) is 15.5. The normalized spacial score (nSPS) is 28.3. The number of carbonyl (C=O) groups excluding carboxylic acids is 1. The number of amides is 1. The number of halogens is 1. The van der Waals surface area contributed by atoms with Crippen molar-refractivity contribution in [3.63, 3.8) is 0 Å². The first-order valence-corrected chi connectivity index (χ1v) is 7.24. The molecule has 0 radical (unpaired) electrons. The predicted octanol–water partition coefficient (Wildman–Crippen LogP) is 2.97. The summed E-state index contributed by atoms with van der Waals surface area (Å²) in [6.45, 7) is 0. The molecule has 0 saturated heterocycles. The molecule has 1 fully saturated rings. The van der Waals surface area contributed by atoms with Crippen LogP contribution in [-0.2, 0) is 10.2 Å². The fourth-order valence-electron chi connectivity index (χ4n) is 3.69. The lowest BCUT2D eigenvalue weighted by atomic mass is 9.92. The summed E-state index contributed by atoms with van der Waals surface area (Å²) < 4.78 is 0. The molecular weight excluding hydrogens is 304 g/mol. The maximum Gasteiger partial charge on any atom is 0.243 e. The summed E-state index contributed by atoms with van der Waals surface area (Å²) in [7, 11) is 0. The van der Waals surface area contributed by atoms with Crippen LogP contribution in [-0.4, -0.2) is 16.9 Å². The van der Waals surface area contributed by atoms with Gasteiger partial charge in [-0.05, 0) is 23.3 Å². The maximum absolute atomic E-state index is 12.6. The Morgan fingerprint density at radius 2 is 1.91 bits per heavy atom. The van der Waals surface area contributed by atoms with Crippen molar-refractivity contribution in [3.8, 4) is 0 Å². The van der Waals surface area contributed by atoms with E-state index in [0.717, 1.165) is 5.56 Å². The summed E-state index contributed by atoms with van der Waals surface area (Å²) in [6.07, 6.45) is 0. The zero-order valence-corrected chi connectivity index (χ0v) is 12.1. The molecule has 4 rings (SSSR count). The number of hydrogen-bond acceptors (Lipinski definition) is 3. The number of hydrogen-bond donors (Lipinski definition) is 1. The third-order valence-corrected chi connectivity index (χ3v) is 4.84. The first kappa shape index (κ1) is 13.3. The van der Waals surface area contributed by atoms with Gasteiger partial charge < -0.3 is 5.32 Å². The molecule has 2 aromatic rings. The molecule has 0 aromatic heterocycles. The van der Waals surface area contributed by atoms with E-state index in [0.29, 0.717) is 16.3 Å². The number of carbonyl (C=O) groups is 1. The van der Waals surface area contributed by atoms with Crippen molar-refractivity contribution >= 4 is 23.2 Å². The molecule has 22 heavy (non-hydrogen) atoms. The van der Waals surface area contributed by atoms with Crippen LogP contribution in [0, 0.1) is 10.1 Å². The molecule has 2 aromatic carbocycles. The first-order valence-electron chi connectivity index (χ1n) is 6.86. The van der Waals surface area contributed by atoms with Crippen molar-refractivity contribution in [2.45, 2.75) is 17.4 Å². The topological polar surface area (TPSA) is 72.2 Å². The molecule has 1 amide bonds. The van der Waals surface area contributed by atoms with Gasteiger partial charge in [0, 0.05) is 15.6 Å². The van der Waals surface area contributed by atoms with Gasteiger partial charge in [-0.15, -0.1) is 0 Å². The summed E-state index contributed by atoms with van der Waals surface area (Å²) in [5.74, 6) is -0.772. The molecule has 0 bridgehead atoms. The smallest absolute Gasteiger partial charge is 0.243 e. The number of nitro groups is 1. The number of rotatable bonds is 2. The highest BCUT2D eigenvalue weighted by molar-refractivity contribution is 6.31. The van der Waals surface area contributed by atoms with Gasteiger partial charge in [0.25, 0.3) is 0 Å². The molecule has 1 aliphatic heterocycles. The third-order valence-electron chi connectivity index (χ3n) is 4.60. The predicted molar refractivity (Wildman–Crippen MR) is 81.7 cm³/mol. The summed E-state index contributed by atoms with van der Waals surface area (Å²) in [5.41, 5.74) is 0.924. The number of nitrogens with one attached hydrogen (secondary N) is 1. The molecular formula is C16H11ClN2O3. The van der Waals surface area contributed by atoms with Crippen molar-refractivity contribution in [1.82, 2.24) is 0 Å². The second-order valence-electron chi connectivity index (χ2n) is 5.63. The van der Waals surface area contributed by atoms with Crippen molar-refractivity contribution in [2.24, 2.45) is 0 Å². The van der Waals surface area contributed by atoms with Crippen LogP contribution in [0.5, 0.6) is 0 Å². The van der Waals surface area contributed by atoms with E-state index >= 15 is 0 Å². The summed E-state index contributed by atoms with van der Waals surface area (Å²) in [6, 6.07) is 13.2. The average Bonchev–Trinajstić information content (AvgIpc) is 3.12. The van der Waals surface area contributed by atoms with Crippen LogP contribution in [0.25, 0.3) is 0 Å². The lowest BCUT2D eigenvalue weighted by Crippen LogP contribution is -2.26. The molecule has 5 nitrogen and oxygen atoms in total. The molecule has 1 heterocycles. The lowest BCUT2D eigenvalue weighted by molar-refractivity contribution is -0.499. The molecule has 2 aliphatic rings. The Labute approximate surface area is 131 Å². The number of nitrogens with zero attached hydrogens (tertiary/aromatic N) is 1. The summed E-state index contributed by atoms with van der Waals surface area (Å²) >= 11 is 5.95. The van der Waals surface area contributed by atoms with Gasteiger partial charge in [0.2, 0.25) is 11.9 Å². The Kier molecular flexibility index (Phi) is 2.60. The molecule has 3 atom stereocenters. The van der Waals surface area contributed by atoms with Crippen LogP contribution >= 0.6 is 11.6 Å². The van der Waals surface area contributed by atoms with Gasteiger partial charge in [0.15, 0.2) is 5.41 Å². The summed E-state index contributed by atoms with van der Waals surface area (Å²) in [4.78, 5) is 23.7. The number of anilines is 1. The lowest BCUT2D eigenvalue weighted by Gasteiger charge is -2.06. The van der Waals surface area contributed by atoms with Crippen molar-refractivity contribution in [1.29, 1.82) is 0 Å². The van der Waals surface area contributed by atoms with E-state index in [9.17, 15) is 14.9 Å². The molecule has 110 valence electrons. The van der Waals surface area contributed by atoms with Gasteiger partial charge in [-0.2, -0.15) is 0 Å². The maximum atomic E-state index is 12.6. The Hall–Kier alpha value is -2.40. The second-order valence-corrected chi connectivity index (χ2v) is 6.07. The number of benzene rings is 2. The van der Waals surface area contributed by atoms with Gasteiger partial charge in [-0.1, -0.05) is 48.0 Å². The SMILES string of the molecule is O=C1Nc2cc(Cl)ccc2[C@@]12[C@@H]([N+](=O)[O-])[C@@H]2c1ccccc1. The molecule has 0 unspecified atom stereocenters. The molecule has 1 N–H and O–H groups in total. The summed E-state index contributed by atoms with van der Waals surface area (Å²) in [5, 5.41) is 14.8. The van der Waals surface area contributed by atoms with Gasteiger partial charge >= 0.3 is 0 Å². The van der Waals surface area contributed by atoms with E-state index < -0.39 is 17.4 Å². The van der Waals surface area contributed by atoms with Crippen molar-refractivity contribution in [3.05, 3.63) is 74.8 Å². The highest BCUT2D eigenvalue weighted by Gasteiger charge is 2.81. The van der Waals surface area contributed by atoms with Crippen LogP contribution in [0.15, 0.2) is 48.5 Å². The van der Waals surface area contributed by atoms with E-state index in [-0.39, 0.29) is 10.8 Å². The van der Waals surface area contributed by atoms with E-state index in [1.807, 2.05) is 30.3 Å². The fraction of sp³-hybridized carbons (Fsp3) is 0.188. The van der Waals surface area contributed by atoms with Crippen LogP contribution in [0.1, 0.15) is 17.0 Å². The van der Waals surface area contributed by atoms with E-state index in [4.69, 9.17) is 11.6 Å². The largest absolute Gasteiger partial charge is 0.325 e. The minimum absolute atomic E-state index is 0.319. The highest BCUT2D eigenvalue weighted by Crippen LogP contribution is 2.66. The van der Waals surface area contributed by atoms with Crippen LogP contribution in [0.3, 0.4) is 0 Å². The Morgan fingerprint density at radius 3 is 2.59 bits per heavy atom. The van der Waals surface area contributed by atoms with E-state index in [2.05, 4.69) is 5.32 Å². The third kappa shape index (κ3) is 1.51. The Bertz CT molecular complexity index is 808. The van der Waals surface area contributed by atoms with Gasteiger partial charge in [0.05, 0.1) is 5.92 Å². The van der Waals surface area contributed by atoms with Crippen molar-refractivity contribution < 1.29 is 9.72 Å². The fourth-order valence-corrected chi connectivity index (χ4v) is 3.87. The van der Waals surface area contributed by atoms with Crippen molar-refractivity contribution in [2.75, 3.05) is 5.32 Å². The van der Waals surface area contributed by atoms with E-state index in [1.165, 1.54) is 0 Å². The molecule has 1 saturated carbocycles. The second kappa shape index (κ2) is 4.30. The molecule has 1 spiro atoms. The zero-order valence-electron chi connectivity index (χ0n) is 11.3. The van der Waals surface area contributed by atoms with Crippen LogP contribution in [0.4, 0.5) is 5.69 Å². The molecule has 1 aliphatic carbocycles. The molecule has 6 heteroatoms. The minimum Gasteiger partial charge on any atom is -0.325 e. The monoisotopic (exact) mass is 314 g/mol. The average molecular weight is 315 g/mol. The minimum atomic E-state index is -1.12. The Morgan fingerprint density at radius 1 is 1.18 bits per heavy atom. The quantitative estimate of drug-likeness (QED) is 0.684. The van der Waals surface area contributed by atoms with E-state index in [1.54, 1.807) is 18.2 Å². The van der Waals surface area contributed by atoms with Gasteiger partial charge in [0.1, 0.15) is 0 Å². The van der Waals surface area contributed by atoms with Gasteiger partial charge in [-0.25, -0.2) is 0 Å².